The van der Waals surface area contributed by atoms with Crippen LogP contribution in [-0.2, 0) is 11.1 Å². The van der Waals surface area contributed by atoms with Crippen molar-refractivity contribution in [1.29, 1.82) is 0 Å². The van der Waals surface area contributed by atoms with E-state index in [-0.39, 0.29) is 0 Å². The van der Waals surface area contributed by atoms with Crippen molar-refractivity contribution in [3.05, 3.63) is 12.4 Å². The molecule has 0 amide bonds. The van der Waals surface area contributed by atoms with E-state index in [1.165, 1.54) is 0 Å². The number of aryl methyl sites for hydroxylation is 1. The Labute approximate surface area is 90.6 Å². The van der Waals surface area contributed by atoms with Crippen LogP contribution < -0.4 is 10.1 Å². The Morgan fingerprint density at radius 3 is 2.19 bits per heavy atom. The lowest BCUT2D eigenvalue weighted by molar-refractivity contribution is -0.673. The molecule has 1 unspecified atom stereocenters. The predicted octanol–water partition coefficient (Wildman–Crippen LogP) is 1.88. The average molecular weight is 258 g/mol. The Kier molecular flexibility index (Phi) is 3.52. The lowest BCUT2D eigenvalue weighted by atomic mass is 10.3. The van der Waals surface area contributed by atoms with Gasteiger partial charge in [0.1, 0.15) is 12.4 Å². The van der Waals surface area contributed by atoms with E-state index in [1.807, 2.05) is 23.7 Å². The summed E-state index contributed by atoms with van der Waals surface area (Å²) in [6, 6.07) is 0. The molecule has 1 aliphatic rings. The first-order valence-corrected chi connectivity index (χ1v) is 6.67. The van der Waals surface area contributed by atoms with Crippen molar-refractivity contribution in [2.24, 2.45) is 0 Å². The van der Waals surface area contributed by atoms with Crippen molar-refractivity contribution in [1.82, 2.24) is 4.34 Å². The molecule has 1 aromatic rings. The highest BCUT2D eigenvalue weighted by Gasteiger charge is 2.58. The minimum Gasteiger partial charge on any atom is -0.418 e. The zero-order valence-electron chi connectivity index (χ0n) is 8.91. The van der Waals surface area contributed by atoms with Gasteiger partial charge in [0.05, 0.1) is 6.54 Å². The molecular formula is C7H12BF4N2OP. The third-order valence-electron chi connectivity index (χ3n) is 2.24. The molecule has 0 radical (unpaired) electrons. The molecule has 0 N–H and O–H groups in total. The van der Waals surface area contributed by atoms with E-state index in [0.29, 0.717) is 0 Å². The van der Waals surface area contributed by atoms with Crippen molar-refractivity contribution < 1.29 is 26.4 Å². The van der Waals surface area contributed by atoms with Crippen LogP contribution in [-0.4, -0.2) is 17.8 Å². The minimum atomic E-state index is -6.00. The van der Waals surface area contributed by atoms with Gasteiger partial charge >= 0.3 is 20.1 Å². The second-order valence-corrected chi connectivity index (χ2v) is 6.11. The molecule has 0 saturated heterocycles. The van der Waals surface area contributed by atoms with Crippen LogP contribution in [0.25, 0.3) is 0 Å². The number of nitrogens with zero attached hydrogens (tertiary/aromatic N) is 2. The summed E-state index contributed by atoms with van der Waals surface area (Å²) in [6.45, 7) is 4.97. The van der Waals surface area contributed by atoms with Crippen LogP contribution in [0.2, 0.25) is 0 Å². The van der Waals surface area contributed by atoms with Gasteiger partial charge in [0.15, 0.2) is 0 Å². The summed E-state index contributed by atoms with van der Waals surface area (Å²) in [4.78, 5) is 0. The molecule has 0 aromatic carbocycles. The number of rotatable bonds is 2. The number of halogens is 4. The van der Waals surface area contributed by atoms with Crippen molar-refractivity contribution in [2.75, 3.05) is 6.16 Å². The molecule has 1 aromatic heterocycles. The zero-order chi connectivity index (χ0) is 12.6. The van der Waals surface area contributed by atoms with Crippen molar-refractivity contribution in [2.45, 2.75) is 20.4 Å². The first kappa shape index (κ1) is 13.3. The van der Waals surface area contributed by atoms with Gasteiger partial charge in [-0.25, -0.2) is 4.57 Å². The molecule has 0 fully saturated rings. The average Bonchev–Trinajstić information content (AvgIpc) is 2.59. The first-order valence-electron chi connectivity index (χ1n) is 4.82. The molecule has 0 bridgehead atoms. The summed E-state index contributed by atoms with van der Waals surface area (Å²) in [5.41, 5.74) is 1.04. The predicted molar refractivity (Wildman–Crippen MR) is 53.7 cm³/mol. The maximum atomic E-state index is 11.8. The van der Waals surface area contributed by atoms with Gasteiger partial charge in [-0.1, -0.05) is 6.92 Å². The Morgan fingerprint density at radius 2 is 1.88 bits per heavy atom. The number of fused-ring (bicyclic) bond motifs is 1. The number of aromatic nitrogens is 2. The third kappa shape index (κ3) is 2.67. The fourth-order valence-electron chi connectivity index (χ4n) is 1.50. The molecule has 92 valence electrons. The number of imidazole rings is 1. The van der Waals surface area contributed by atoms with Crippen LogP contribution in [0.1, 0.15) is 13.8 Å². The second-order valence-electron chi connectivity index (χ2n) is 3.24. The topological polar surface area (TPSA) is 25.9 Å². The van der Waals surface area contributed by atoms with E-state index in [4.69, 9.17) is 0 Å². The van der Waals surface area contributed by atoms with Crippen LogP contribution in [0, 0.1) is 0 Å². The van der Waals surface area contributed by atoms with E-state index in [0.717, 1.165) is 18.3 Å². The Hall–Kier alpha value is -0.775. The normalized spacial score (nSPS) is 22.1. The molecule has 16 heavy (non-hydrogen) atoms. The fourth-order valence-corrected chi connectivity index (χ4v) is 3.92. The van der Waals surface area contributed by atoms with Crippen LogP contribution in [0.15, 0.2) is 12.4 Å². The van der Waals surface area contributed by atoms with E-state index in [1.54, 1.807) is 0 Å². The molecule has 0 aliphatic carbocycles. The molecule has 9 heteroatoms. The summed E-state index contributed by atoms with van der Waals surface area (Å²) < 4.78 is 54.8. The highest BCUT2D eigenvalue weighted by Crippen LogP contribution is 2.56. The smallest absolute Gasteiger partial charge is 0.418 e. The maximum absolute atomic E-state index is 11.8. The fraction of sp³-hybridized carbons (Fsp3) is 0.571. The quantitative estimate of drug-likeness (QED) is 0.344. The van der Waals surface area contributed by atoms with Gasteiger partial charge in [0.25, 0.3) is 0 Å². The van der Waals surface area contributed by atoms with Gasteiger partial charge in [-0.15, -0.1) is 0 Å². The summed E-state index contributed by atoms with van der Waals surface area (Å²) >= 11 is 0. The van der Waals surface area contributed by atoms with Crippen LogP contribution in [0.4, 0.5) is 17.3 Å². The zero-order valence-corrected chi connectivity index (χ0v) is 9.80. The number of hydrogen-bond donors (Lipinski definition) is 0. The van der Waals surface area contributed by atoms with Crippen molar-refractivity contribution >= 4 is 20.1 Å². The highest BCUT2D eigenvalue weighted by atomic mass is 31.2. The molecule has 3 nitrogen and oxygen atoms in total. The standard InChI is InChI=1S/C7H12N2OP.BF4/c1-3-8-5-6-9-7(8)11(9,10)4-2;2-1(3,4)5/h5-6H,3-4H2,1-2H3;/q+1;-1. The molecular weight excluding hydrogens is 246 g/mol. The van der Waals surface area contributed by atoms with Gasteiger partial charge in [0.2, 0.25) is 0 Å². The van der Waals surface area contributed by atoms with E-state index in [9.17, 15) is 21.8 Å². The Balaban J connectivity index is 0.000000221. The van der Waals surface area contributed by atoms with Gasteiger partial charge < -0.3 is 17.3 Å². The lowest BCUT2D eigenvalue weighted by Crippen LogP contribution is -2.40. The van der Waals surface area contributed by atoms with Gasteiger partial charge in [-0.3, -0.25) is 4.57 Å². The van der Waals surface area contributed by atoms with Crippen LogP contribution in [0.5, 0.6) is 0 Å². The van der Waals surface area contributed by atoms with E-state index < -0.39 is 14.5 Å². The van der Waals surface area contributed by atoms with E-state index in [2.05, 4.69) is 11.5 Å². The maximum Gasteiger partial charge on any atom is 0.673 e. The van der Waals surface area contributed by atoms with Gasteiger partial charge in [-0.05, 0) is 6.92 Å². The third-order valence-corrected chi connectivity index (χ3v) is 5.02. The SMILES string of the molecule is CC[n+]1ccn2c1P2(=O)CC.F[B-](F)(F)F. The second kappa shape index (κ2) is 4.24. The summed E-state index contributed by atoms with van der Waals surface area (Å²) in [5, 5.41) is 0. The van der Waals surface area contributed by atoms with E-state index >= 15 is 0 Å². The monoisotopic (exact) mass is 258 g/mol. The molecule has 1 atom stereocenters. The molecule has 2 rings (SSSR count). The van der Waals surface area contributed by atoms with Gasteiger partial charge in [-0.2, -0.15) is 4.34 Å². The Morgan fingerprint density at radius 1 is 1.38 bits per heavy atom. The molecule has 1 aliphatic heterocycles. The molecule has 0 spiro atoms. The highest BCUT2D eigenvalue weighted by molar-refractivity contribution is 7.76. The van der Waals surface area contributed by atoms with Crippen LogP contribution >= 0.6 is 7.29 Å². The molecule has 0 saturated carbocycles. The summed E-state index contributed by atoms with van der Waals surface area (Å²) in [7, 11) is -7.99. The summed E-state index contributed by atoms with van der Waals surface area (Å²) in [6.07, 6.45) is 4.67. The molecule has 2 heterocycles. The first-order chi connectivity index (χ1) is 7.24. The lowest BCUT2D eigenvalue weighted by Gasteiger charge is -1.94. The largest absolute Gasteiger partial charge is 0.673 e. The summed E-state index contributed by atoms with van der Waals surface area (Å²) in [5.74, 6) is 0. The minimum absolute atomic E-state index is 0.767. The number of hydrogen-bond acceptors (Lipinski definition) is 1. The van der Waals surface area contributed by atoms with Gasteiger partial charge in [0, 0.05) is 6.16 Å². The van der Waals surface area contributed by atoms with Crippen LogP contribution in [0.3, 0.4) is 0 Å². The van der Waals surface area contributed by atoms with Crippen molar-refractivity contribution in [3.63, 3.8) is 0 Å². The van der Waals surface area contributed by atoms with Crippen molar-refractivity contribution in [3.8, 4) is 0 Å². The Bertz CT molecular complexity index is 425.